The van der Waals surface area contributed by atoms with Crippen LogP contribution in [-0.4, -0.2) is 25.0 Å². The fourth-order valence-corrected chi connectivity index (χ4v) is 2.37. The highest BCUT2D eigenvalue weighted by Gasteiger charge is 2.27. The molecule has 0 spiro atoms. The van der Waals surface area contributed by atoms with Gasteiger partial charge in [0.1, 0.15) is 5.82 Å². The van der Waals surface area contributed by atoms with E-state index in [2.05, 4.69) is 26.6 Å². The van der Waals surface area contributed by atoms with Crippen molar-refractivity contribution in [3.05, 3.63) is 69.9 Å². The summed E-state index contributed by atoms with van der Waals surface area (Å²) < 4.78 is 18.9. The Balaban J connectivity index is 2.29. The minimum atomic E-state index is -1.37. The second-order valence-electron chi connectivity index (χ2n) is 4.89. The molecule has 0 heterocycles. The van der Waals surface area contributed by atoms with Gasteiger partial charge < -0.3 is 10.1 Å². The van der Waals surface area contributed by atoms with E-state index >= 15 is 0 Å². The molecule has 25 heavy (non-hydrogen) atoms. The summed E-state index contributed by atoms with van der Waals surface area (Å²) in [5.74, 6) is -2.36. The van der Waals surface area contributed by atoms with Gasteiger partial charge in [0.2, 0.25) is 6.10 Å². The normalized spacial score (nSPS) is 11.3. The molecule has 0 aliphatic carbocycles. The first kappa shape index (κ1) is 18.6. The highest BCUT2D eigenvalue weighted by Crippen LogP contribution is 2.23. The Morgan fingerprint density at radius 3 is 2.44 bits per heavy atom. The SMILES string of the molecule is CNC(=O)NC(=O)[C@@H](OC(=O)c1cc(F)ccc1Br)c1ccccc1. The van der Waals surface area contributed by atoms with Gasteiger partial charge in [-0.05, 0) is 34.1 Å². The second kappa shape index (κ2) is 8.39. The first-order valence-corrected chi connectivity index (χ1v) is 7.95. The Morgan fingerprint density at radius 1 is 1.12 bits per heavy atom. The van der Waals surface area contributed by atoms with Gasteiger partial charge in [0, 0.05) is 17.1 Å². The third-order valence-electron chi connectivity index (χ3n) is 3.18. The molecule has 2 rings (SSSR count). The fraction of sp³-hybridized carbons (Fsp3) is 0.118. The molecular formula is C17H14BrFN2O4. The van der Waals surface area contributed by atoms with Gasteiger partial charge in [0.15, 0.2) is 0 Å². The van der Waals surface area contributed by atoms with Crippen molar-refractivity contribution in [1.29, 1.82) is 0 Å². The first-order valence-electron chi connectivity index (χ1n) is 7.16. The van der Waals surface area contributed by atoms with Crippen LogP contribution >= 0.6 is 15.9 Å². The van der Waals surface area contributed by atoms with Gasteiger partial charge in [-0.2, -0.15) is 0 Å². The second-order valence-corrected chi connectivity index (χ2v) is 5.74. The zero-order valence-corrected chi connectivity index (χ0v) is 14.7. The lowest BCUT2D eigenvalue weighted by molar-refractivity contribution is -0.129. The van der Waals surface area contributed by atoms with E-state index in [1.807, 2.05) is 0 Å². The van der Waals surface area contributed by atoms with Crippen LogP contribution in [0.15, 0.2) is 53.0 Å². The first-order chi connectivity index (χ1) is 11.9. The van der Waals surface area contributed by atoms with Crippen molar-refractivity contribution >= 4 is 33.8 Å². The predicted octanol–water partition coefficient (Wildman–Crippen LogP) is 2.94. The number of amides is 3. The van der Waals surface area contributed by atoms with Crippen LogP contribution in [0.4, 0.5) is 9.18 Å². The maximum Gasteiger partial charge on any atom is 0.340 e. The van der Waals surface area contributed by atoms with E-state index in [-0.39, 0.29) is 5.56 Å². The Morgan fingerprint density at radius 2 is 1.80 bits per heavy atom. The van der Waals surface area contributed by atoms with Crippen LogP contribution in [0.25, 0.3) is 0 Å². The topological polar surface area (TPSA) is 84.5 Å². The maximum absolute atomic E-state index is 13.4. The van der Waals surface area contributed by atoms with Crippen molar-refractivity contribution in [3.63, 3.8) is 0 Å². The molecule has 0 bridgehead atoms. The summed E-state index contributed by atoms with van der Waals surface area (Å²) in [5.41, 5.74) is 0.290. The molecule has 0 aliphatic heterocycles. The summed E-state index contributed by atoms with van der Waals surface area (Å²) in [4.78, 5) is 36.0. The lowest BCUT2D eigenvalue weighted by Crippen LogP contribution is -2.41. The van der Waals surface area contributed by atoms with Crippen LogP contribution in [-0.2, 0) is 9.53 Å². The van der Waals surface area contributed by atoms with Crippen molar-refractivity contribution in [2.24, 2.45) is 0 Å². The van der Waals surface area contributed by atoms with Crippen molar-refractivity contribution in [2.75, 3.05) is 7.05 Å². The largest absolute Gasteiger partial charge is 0.444 e. The summed E-state index contributed by atoms with van der Waals surface area (Å²) in [6.07, 6.45) is -1.37. The van der Waals surface area contributed by atoms with E-state index in [0.29, 0.717) is 10.0 Å². The van der Waals surface area contributed by atoms with Crippen molar-refractivity contribution in [3.8, 4) is 0 Å². The Labute approximate surface area is 151 Å². The van der Waals surface area contributed by atoms with E-state index in [0.717, 1.165) is 6.07 Å². The predicted molar refractivity (Wildman–Crippen MR) is 91.3 cm³/mol. The molecule has 0 fully saturated rings. The number of hydrogen-bond donors (Lipinski definition) is 2. The standard InChI is InChI=1S/C17H14BrFN2O4/c1-20-17(24)21-15(22)14(10-5-3-2-4-6-10)25-16(23)12-9-11(19)7-8-13(12)18/h2-9,14H,1H3,(H2,20,21,22,24)/t14-/m0/s1. The average molecular weight is 409 g/mol. The summed E-state index contributed by atoms with van der Waals surface area (Å²) in [7, 11) is 1.34. The van der Waals surface area contributed by atoms with Gasteiger partial charge in [-0.3, -0.25) is 10.1 Å². The molecule has 2 aromatic carbocycles. The van der Waals surface area contributed by atoms with Gasteiger partial charge in [-0.1, -0.05) is 30.3 Å². The number of hydrogen-bond acceptors (Lipinski definition) is 4. The molecule has 0 unspecified atom stereocenters. The number of benzene rings is 2. The van der Waals surface area contributed by atoms with Gasteiger partial charge >= 0.3 is 12.0 Å². The fourth-order valence-electron chi connectivity index (χ4n) is 1.97. The maximum atomic E-state index is 13.4. The Bertz CT molecular complexity index is 798. The van der Waals surface area contributed by atoms with Crippen LogP contribution in [0.3, 0.4) is 0 Å². The monoisotopic (exact) mass is 408 g/mol. The third kappa shape index (κ3) is 4.87. The number of carbonyl (C=O) groups excluding carboxylic acids is 3. The number of nitrogens with one attached hydrogen (secondary N) is 2. The van der Waals surface area contributed by atoms with Crippen LogP contribution in [0.5, 0.6) is 0 Å². The molecule has 0 radical (unpaired) electrons. The Hall–Kier alpha value is -2.74. The summed E-state index contributed by atoms with van der Waals surface area (Å²) >= 11 is 3.13. The van der Waals surface area contributed by atoms with Crippen LogP contribution < -0.4 is 10.6 Å². The summed E-state index contributed by atoms with van der Waals surface area (Å²) in [5, 5.41) is 4.29. The van der Waals surface area contributed by atoms with E-state index in [1.165, 1.54) is 19.2 Å². The third-order valence-corrected chi connectivity index (χ3v) is 3.87. The highest BCUT2D eigenvalue weighted by atomic mass is 79.9. The molecule has 0 aromatic heterocycles. The molecule has 3 amide bonds. The highest BCUT2D eigenvalue weighted by molar-refractivity contribution is 9.10. The minimum Gasteiger partial charge on any atom is -0.444 e. The Kier molecular flexibility index (Phi) is 6.24. The van der Waals surface area contributed by atoms with E-state index in [9.17, 15) is 18.8 Å². The number of rotatable bonds is 4. The minimum absolute atomic E-state index is 0.0753. The molecule has 0 saturated heterocycles. The zero-order valence-electron chi connectivity index (χ0n) is 13.1. The lowest BCUT2D eigenvalue weighted by atomic mass is 10.1. The smallest absolute Gasteiger partial charge is 0.340 e. The molecule has 130 valence electrons. The molecule has 6 nitrogen and oxygen atoms in total. The lowest BCUT2D eigenvalue weighted by Gasteiger charge is -2.18. The molecule has 0 saturated carbocycles. The number of urea groups is 1. The molecule has 2 N–H and O–H groups in total. The van der Waals surface area contributed by atoms with E-state index in [1.54, 1.807) is 30.3 Å². The van der Waals surface area contributed by atoms with Crippen molar-refractivity contribution in [1.82, 2.24) is 10.6 Å². The van der Waals surface area contributed by atoms with Crippen LogP contribution in [0.2, 0.25) is 0 Å². The van der Waals surface area contributed by atoms with Crippen molar-refractivity contribution < 1.29 is 23.5 Å². The molecule has 0 aliphatic rings. The molecular weight excluding hydrogens is 395 g/mol. The molecule has 2 aromatic rings. The quantitative estimate of drug-likeness (QED) is 0.761. The van der Waals surface area contributed by atoms with Gasteiger partial charge in [0.25, 0.3) is 5.91 Å². The van der Waals surface area contributed by atoms with Crippen molar-refractivity contribution in [2.45, 2.75) is 6.10 Å². The van der Waals surface area contributed by atoms with E-state index in [4.69, 9.17) is 4.74 Å². The number of ether oxygens (including phenoxy) is 1. The van der Waals surface area contributed by atoms with Gasteiger partial charge in [-0.15, -0.1) is 0 Å². The average Bonchev–Trinajstić information content (AvgIpc) is 2.61. The number of halogens is 2. The van der Waals surface area contributed by atoms with Crippen LogP contribution in [0, 0.1) is 5.82 Å². The zero-order chi connectivity index (χ0) is 18.4. The number of esters is 1. The summed E-state index contributed by atoms with van der Waals surface area (Å²) in [6, 6.07) is 11.0. The van der Waals surface area contributed by atoms with Gasteiger partial charge in [-0.25, -0.2) is 14.0 Å². The molecule has 8 heteroatoms. The molecule has 1 atom stereocenters. The number of imide groups is 1. The van der Waals surface area contributed by atoms with Gasteiger partial charge in [0.05, 0.1) is 5.56 Å². The van der Waals surface area contributed by atoms with Crippen LogP contribution in [0.1, 0.15) is 22.0 Å². The number of carbonyl (C=O) groups is 3. The summed E-state index contributed by atoms with van der Waals surface area (Å²) in [6.45, 7) is 0. The van der Waals surface area contributed by atoms with E-state index < -0.39 is 29.8 Å².